The van der Waals surface area contributed by atoms with Crippen molar-refractivity contribution < 1.29 is 0 Å². The second kappa shape index (κ2) is 9.60. The SMILES string of the molecule is CC(CN=C(N)NC1CCCCC1)Cc1cccs1.I. The van der Waals surface area contributed by atoms with Crippen LogP contribution in [0, 0.1) is 5.92 Å². The number of thiophene rings is 1. The van der Waals surface area contributed by atoms with Gasteiger partial charge >= 0.3 is 0 Å². The number of nitrogens with one attached hydrogen (secondary N) is 1. The van der Waals surface area contributed by atoms with Gasteiger partial charge in [0.05, 0.1) is 0 Å². The smallest absolute Gasteiger partial charge is 0.188 e. The third-order valence-corrected chi connectivity index (χ3v) is 4.56. The summed E-state index contributed by atoms with van der Waals surface area (Å²) in [4.78, 5) is 5.92. The molecule has 5 heteroatoms. The average molecular weight is 407 g/mol. The molecule has 1 fully saturated rings. The average Bonchev–Trinajstić information content (AvgIpc) is 2.90. The summed E-state index contributed by atoms with van der Waals surface area (Å²) in [6, 6.07) is 4.84. The van der Waals surface area contributed by atoms with Crippen molar-refractivity contribution in [2.45, 2.75) is 51.5 Å². The predicted octanol–water partition coefficient (Wildman–Crippen LogP) is 3.78. The molecule has 2 rings (SSSR count). The van der Waals surface area contributed by atoms with Gasteiger partial charge in [-0.3, -0.25) is 4.99 Å². The molecule has 3 nitrogen and oxygen atoms in total. The van der Waals surface area contributed by atoms with E-state index in [-0.39, 0.29) is 24.0 Å². The zero-order valence-electron chi connectivity index (χ0n) is 12.2. The molecule has 1 heterocycles. The summed E-state index contributed by atoms with van der Waals surface area (Å²) >= 11 is 1.82. The lowest BCUT2D eigenvalue weighted by Crippen LogP contribution is -2.41. The molecule has 0 aromatic carbocycles. The molecule has 20 heavy (non-hydrogen) atoms. The standard InChI is InChI=1S/C15H25N3S.HI/c1-12(10-14-8-5-9-19-14)11-17-15(16)18-13-6-3-2-4-7-13;/h5,8-9,12-13H,2-4,6-7,10-11H2,1H3,(H3,16,17,18);1H. The summed E-state index contributed by atoms with van der Waals surface area (Å²) in [5.41, 5.74) is 5.97. The predicted molar refractivity (Wildman–Crippen MR) is 99.1 cm³/mol. The molecular weight excluding hydrogens is 381 g/mol. The van der Waals surface area contributed by atoms with Gasteiger partial charge in [-0.25, -0.2) is 0 Å². The van der Waals surface area contributed by atoms with Gasteiger partial charge in [-0.05, 0) is 36.6 Å². The van der Waals surface area contributed by atoms with Crippen LogP contribution in [0.2, 0.25) is 0 Å². The van der Waals surface area contributed by atoms with Gasteiger partial charge in [0.15, 0.2) is 5.96 Å². The van der Waals surface area contributed by atoms with Crippen molar-refractivity contribution in [1.82, 2.24) is 5.32 Å². The maximum Gasteiger partial charge on any atom is 0.188 e. The Morgan fingerprint density at radius 1 is 1.45 bits per heavy atom. The van der Waals surface area contributed by atoms with Crippen molar-refractivity contribution >= 4 is 41.3 Å². The second-order valence-electron chi connectivity index (χ2n) is 5.59. The zero-order chi connectivity index (χ0) is 13.5. The summed E-state index contributed by atoms with van der Waals surface area (Å²) in [5.74, 6) is 1.18. The van der Waals surface area contributed by atoms with Gasteiger partial charge in [0.1, 0.15) is 0 Å². The number of rotatable bonds is 5. The van der Waals surface area contributed by atoms with Crippen LogP contribution in [0.25, 0.3) is 0 Å². The minimum Gasteiger partial charge on any atom is -0.370 e. The molecular formula is C15H26IN3S. The summed E-state index contributed by atoms with van der Waals surface area (Å²) in [6.45, 7) is 3.04. The van der Waals surface area contributed by atoms with Gasteiger partial charge < -0.3 is 11.1 Å². The Labute approximate surface area is 143 Å². The minimum absolute atomic E-state index is 0. The summed E-state index contributed by atoms with van der Waals surface area (Å²) in [7, 11) is 0. The number of aliphatic imine (C=N–C) groups is 1. The highest BCUT2D eigenvalue weighted by Crippen LogP contribution is 2.17. The van der Waals surface area contributed by atoms with Gasteiger partial charge in [-0.15, -0.1) is 35.3 Å². The van der Waals surface area contributed by atoms with E-state index in [1.165, 1.54) is 37.0 Å². The van der Waals surface area contributed by atoms with Crippen LogP contribution in [0.1, 0.15) is 43.9 Å². The highest BCUT2D eigenvalue weighted by molar-refractivity contribution is 14.0. The van der Waals surface area contributed by atoms with Crippen LogP contribution in [0.5, 0.6) is 0 Å². The molecule has 3 N–H and O–H groups in total. The van der Waals surface area contributed by atoms with Gasteiger partial charge in [0.25, 0.3) is 0 Å². The van der Waals surface area contributed by atoms with Crippen molar-refractivity contribution in [3.63, 3.8) is 0 Å². The maximum atomic E-state index is 5.97. The summed E-state index contributed by atoms with van der Waals surface area (Å²) in [6.07, 6.45) is 7.58. The number of hydrogen-bond donors (Lipinski definition) is 2. The first-order valence-corrected chi connectivity index (χ1v) is 8.21. The highest BCUT2D eigenvalue weighted by Gasteiger charge is 2.13. The third kappa shape index (κ3) is 6.43. The van der Waals surface area contributed by atoms with E-state index < -0.39 is 0 Å². The van der Waals surface area contributed by atoms with Crippen LogP contribution in [-0.2, 0) is 6.42 Å². The van der Waals surface area contributed by atoms with Gasteiger partial charge in [-0.1, -0.05) is 32.3 Å². The second-order valence-corrected chi connectivity index (χ2v) is 6.63. The Bertz CT molecular complexity index is 386. The van der Waals surface area contributed by atoms with E-state index >= 15 is 0 Å². The van der Waals surface area contributed by atoms with E-state index in [2.05, 4.69) is 34.7 Å². The molecule has 0 spiro atoms. The first kappa shape index (κ1) is 17.8. The quantitative estimate of drug-likeness (QED) is 0.444. The van der Waals surface area contributed by atoms with E-state index in [0.717, 1.165) is 13.0 Å². The van der Waals surface area contributed by atoms with Crippen molar-refractivity contribution in [1.29, 1.82) is 0 Å². The number of nitrogens with zero attached hydrogens (tertiary/aromatic N) is 1. The first-order chi connectivity index (χ1) is 9.24. The molecule has 1 aliphatic rings. The summed E-state index contributed by atoms with van der Waals surface area (Å²) in [5, 5.41) is 5.49. The van der Waals surface area contributed by atoms with Crippen LogP contribution in [-0.4, -0.2) is 18.5 Å². The fourth-order valence-corrected chi connectivity index (χ4v) is 3.46. The normalized spacial score (nSPS) is 18.4. The summed E-state index contributed by atoms with van der Waals surface area (Å²) < 4.78 is 0. The lowest BCUT2D eigenvalue weighted by atomic mass is 9.96. The number of hydrogen-bond acceptors (Lipinski definition) is 2. The molecule has 0 bridgehead atoms. The van der Waals surface area contributed by atoms with Gasteiger partial charge in [-0.2, -0.15) is 0 Å². The van der Waals surface area contributed by atoms with Crippen molar-refractivity contribution in [3.05, 3.63) is 22.4 Å². The third-order valence-electron chi connectivity index (χ3n) is 3.66. The van der Waals surface area contributed by atoms with Crippen LogP contribution in [0.4, 0.5) is 0 Å². The van der Waals surface area contributed by atoms with Crippen LogP contribution in [0.3, 0.4) is 0 Å². The highest BCUT2D eigenvalue weighted by atomic mass is 127. The molecule has 1 unspecified atom stereocenters. The Morgan fingerprint density at radius 3 is 2.85 bits per heavy atom. The Morgan fingerprint density at radius 2 is 2.20 bits per heavy atom. The molecule has 0 aliphatic heterocycles. The molecule has 0 radical (unpaired) electrons. The van der Waals surface area contributed by atoms with Gasteiger partial charge in [0.2, 0.25) is 0 Å². The molecule has 1 atom stereocenters. The molecule has 1 aromatic rings. The number of halogens is 1. The molecule has 0 amide bonds. The maximum absolute atomic E-state index is 5.97. The van der Waals surface area contributed by atoms with E-state index in [9.17, 15) is 0 Å². The van der Waals surface area contributed by atoms with Crippen molar-refractivity contribution in [3.8, 4) is 0 Å². The number of guanidine groups is 1. The largest absolute Gasteiger partial charge is 0.370 e. The topological polar surface area (TPSA) is 50.4 Å². The first-order valence-electron chi connectivity index (χ1n) is 7.33. The fraction of sp³-hybridized carbons (Fsp3) is 0.667. The molecule has 0 saturated heterocycles. The van der Waals surface area contributed by atoms with E-state index in [4.69, 9.17) is 5.73 Å². The van der Waals surface area contributed by atoms with E-state index in [1.807, 2.05) is 11.3 Å². The fourth-order valence-electron chi connectivity index (χ4n) is 2.59. The van der Waals surface area contributed by atoms with E-state index in [0.29, 0.717) is 17.9 Å². The Hall–Kier alpha value is -0.300. The Balaban J connectivity index is 0.00000200. The van der Waals surface area contributed by atoms with Crippen molar-refractivity contribution in [2.75, 3.05) is 6.54 Å². The molecule has 1 aromatic heterocycles. The lowest BCUT2D eigenvalue weighted by Gasteiger charge is -2.23. The van der Waals surface area contributed by atoms with Crippen molar-refractivity contribution in [2.24, 2.45) is 16.6 Å². The van der Waals surface area contributed by atoms with E-state index in [1.54, 1.807) is 0 Å². The van der Waals surface area contributed by atoms with Crippen LogP contribution >= 0.6 is 35.3 Å². The molecule has 1 saturated carbocycles. The monoisotopic (exact) mass is 407 g/mol. The lowest BCUT2D eigenvalue weighted by molar-refractivity contribution is 0.412. The van der Waals surface area contributed by atoms with Gasteiger partial charge in [0, 0.05) is 17.5 Å². The minimum atomic E-state index is 0. The Kier molecular flexibility index (Phi) is 8.52. The number of nitrogens with two attached hydrogens (primary N) is 1. The van der Waals surface area contributed by atoms with Crippen LogP contribution in [0.15, 0.2) is 22.5 Å². The van der Waals surface area contributed by atoms with Crippen LogP contribution < -0.4 is 11.1 Å². The molecule has 1 aliphatic carbocycles. The zero-order valence-corrected chi connectivity index (χ0v) is 15.3. The molecule has 114 valence electrons.